The minimum absolute atomic E-state index is 0.144. The van der Waals surface area contributed by atoms with Gasteiger partial charge in [0.2, 0.25) is 0 Å². The molecule has 0 aliphatic carbocycles. The number of methoxy groups -OCH3 is 1. The molecule has 1 N–H and O–H groups in total. The Bertz CT molecular complexity index is 695. The highest BCUT2D eigenvalue weighted by atomic mass is 19.4. The predicted molar refractivity (Wildman–Crippen MR) is 78.4 cm³/mol. The topological polar surface area (TPSA) is 55.6 Å². The second-order valence-electron chi connectivity index (χ2n) is 5.01. The van der Waals surface area contributed by atoms with Crippen LogP contribution < -0.4 is 5.32 Å². The molecule has 0 aliphatic heterocycles. The zero-order valence-corrected chi connectivity index (χ0v) is 12.9. The van der Waals surface area contributed by atoms with Crippen LogP contribution in [-0.2, 0) is 17.3 Å². The average Bonchev–Trinajstić information content (AvgIpc) is 2.88. The van der Waals surface area contributed by atoms with Crippen molar-refractivity contribution in [3.8, 4) is 0 Å². The van der Waals surface area contributed by atoms with Crippen molar-refractivity contribution in [3.63, 3.8) is 0 Å². The summed E-state index contributed by atoms with van der Waals surface area (Å²) in [7, 11) is 1.56. The van der Waals surface area contributed by atoms with Crippen molar-refractivity contribution in [3.05, 3.63) is 35.3 Å². The summed E-state index contributed by atoms with van der Waals surface area (Å²) < 4.78 is 44.7. The van der Waals surface area contributed by atoms with Gasteiger partial charge in [-0.15, -0.1) is 0 Å². The van der Waals surface area contributed by atoms with Crippen molar-refractivity contribution in [2.75, 3.05) is 20.3 Å². The fourth-order valence-corrected chi connectivity index (χ4v) is 2.25. The number of amides is 1. The Kier molecular flexibility index (Phi) is 5.25. The van der Waals surface area contributed by atoms with Crippen LogP contribution in [0.4, 0.5) is 13.2 Å². The summed E-state index contributed by atoms with van der Waals surface area (Å²) >= 11 is 0. The average molecular weight is 329 g/mol. The standard InChI is InChI=1S/C15H18F3N3O2/c1-3-11-13(14(22)19-7-4-8-23-2)21-9-10(15(16,17)18)5-6-12(21)20-11/h5-6,9H,3-4,7-8H2,1-2H3,(H,19,22). The van der Waals surface area contributed by atoms with E-state index in [1.54, 1.807) is 14.0 Å². The van der Waals surface area contributed by atoms with Crippen molar-refractivity contribution in [2.24, 2.45) is 0 Å². The number of aromatic nitrogens is 2. The lowest BCUT2D eigenvalue weighted by Gasteiger charge is -2.09. The molecule has 0 saturated carbocycles. The van der Waals surface area contributed by atoms with Gasteiger partial charge in [-0.2, -0.15) is 13.2 Å². The third-order valence-corrected chi connectivity index (χ3v) is 3.38. The number of hydrogen-bond acceptors (Lipinski definition) is 3. The maximum Gasteiger partial charge on any atom is 0.417 e. The number of aryl methyl sites for hydroxylation is 1. The molecule has 0 atom stereocenters. The van der Waals surface area contributed by atoms with Gasteiger partial charge in [0.05, 0.1) is 11.3 Å². The van der Waals surface area contributed by atoms with Crippen molar-refractivity contribution < 1.29 is 22.7 Å². The first kappa shape index (κ1) is 17.3. The molecule has 0 aliphatic rings. The Morgan fingerprint density at radius 1 is 1.39 bits per heavy atom. The zero-order chi connectivity index (χ0) is 17.0. The lowest BCUT2D eigenvalue weighted by Crippen LogP contribution is -2.27. The minimum Gasteiger partial charge on any atom is -0.385 e. The maximum atomic E-state index is 12.9. The van der Waals surface area contributed by atoms with Crippen LogP contribution in [0.25, 0.3) is 5.65 Å². The SMILES string of the molecule is CCc1nc2ccc(C(F)(F)F)cn2c1C(=O)NCCCOC. The van der Waals surface area contributed by atoms with Gasteiger partial charge in [-0.05, 0) is 25.0 Å². The van der Waals surface area contributed by atoms with E-state index in [4.69, 9.17) is 4.74 Å². The first-order chi connectivity index (χ1) is 10.9. The molecule has 2 aromatic rings. The largest absolute Gasteiger partial charge is 0.417 e. The Labute approximate surface area is 131 Å². The maximum absolute atomic E-state index is 12.9. The van der Waals surface area contributed by atoms with Crippen LogP contribution in [0, 0.1) is 0 Å². The molecule has 126 valence electrons. The first-order valence-electron chi connectivity index (χ1n) is 7.23. The second-order valence-corrected chi connectivity index (χ2v) is 5.01. The van der Waals surface area contributed by atoms with Crippen LogP contribution in [0.3, 0.4) is 0 Å². The molecule has 2 heterocycles. The van der Waals surface area contributed by atoms with Gasteiger partial charge in [-0.1, -0.05) is 6.92 Å². The predicted octanol–water partition coefficient (Wildman–Crippen LogP) is 2.68. The highest BCUT2D eigenvalue weighted by Gasteiger charge is 2.31. The van der Waals surface area contributed by atoms with E-state index in [0.29, 0.717) is 37.3 Å². The van der Waals surface area contributed by atoms with Gasteiger partial charge in [0.15, 0.2) is 0 Å². The first-order valence-corrected chi connectivity index (χ1v) is 7.23. The van der Waals surface area contributed by atoms with Gasteiger partial charge in [-0.3, -0.25) is 9.20 Å². The molecular formula is C15H18F3N3O2. The Balaban J connectivity index is 2.37. The van der Waals surface area contributed by atoms with Crippen LogP contribution in [-0.4, -0.2) is 35.6 Å². The molecule has 0 bridgehead atoms. The molecule has 0 saturated heterocycles. The van der Waals surface area contributed by atoms with E-state index in [1.165, 1.54) is 10.5 Å². The van der Waals surface area contributed by atoms with Crippen LogP contribution in [0.15, 0.2) is 18.3 Å². The lowest BCUT2D eigenvalue weighted by atomic mass is 10.2. The molecule has 0 radical (unpaired) electrons. The van der Waals surface area contributed by atoms with E-state index >= 15 is 0 Å². The van der Waals surface area contributed by atoms with E-state index in [2.05, 4.69) is 10.3 Å². The lowest BCUT2D eigenvalue weighted by molar-refractivity contribution is -0.137. The zero-order valence-electron chi connectivity index (χ0n) is 12.9. The van der Waals surface area contributed by atoms with E-state index in [9.17, 15) is 18.0 Å². The molecular weight excluding hydrogens is 311 g/mol. The molecule has 0 fully saturated rings. The van der Waals surface area contributed by atoms with E-state index in [0.717, 1.165) is 12.3 Å². The third kappa shape index (κ3) is 3.82. The molecule has 2 rings (SSSR count). The molecule has 5 nitrogen and oxygen atoms in total. The van der Waals surface area contributed by atoms with Crippen LogP contribution in [0.5, 0.6) is 0 Å². The summed E-state index contributed by atoms with van der Waals surface area (Å²) in [6.07, 6.45) is -2.50. The number of ether oxygens (including phenoxy) is 1. The summed E-state index contributed by atoms with van der Waals surface area (Å²) in [4.78, 5) is 16.6. The highest BCUT2D eigenvalue weighted by molar-refractivity contribution is 5.94. The summed E-state index contributed by atoms with van der Waals surface area (Å²) in [5.74, 6) is -0.440. The molecule has 8 heteroatoms. The van der Waals surface area contributed by atoms with Gasteiger partial charge in [0.1, 0.15) is 11.3 Å². The van der Waals surface area contributed by atoms with E-state index in [1.807, 2.05) is 0 Å². The molecule has 0 spiro atoms. The van der Waals surface area contributed by atoms with Gasteiger partial charge in [0, 0.05) is 26.5 Å². The number of imidazole rings is 1. The summed E-state index contributed by atoms with van der Waals surface area (Å²) in [5, 5.41) is 2.68. The number of nitrogens with one attached hydrogen (secondary N) is 1. The van der Waals surface area contributed by atoms with Crippen LogP contribution >= 0.6 is 0 Å². The Morgan fingerprint density at radius 2 is 2.13 bits per heavy atom. The minimum atomic E-state index is -4.48. The normalized spacial score (nSPS) is 11.9. The number of hydrogen-bond donors (Lipinski definition) is 1. The van der Waals surface area contributed by atoms with Crippen molar-refractivity contribution in [1.29, 1.82) is 0 Å². The van der Waals surface area contributed by atoms with Crippen molar-refractivity contribution in [2.45, 2.75) is 25.9 Å². The van der Waals surface area contributed by atoms with Crippen molar-refractivity contribution >= 4 is 11.6 Å². The summed E-state index contributed by atoms with van der Waals surface area (Å²) in [5.41, 5.74) is 0.106. The fraction of sp³-hybridized carbons (Fsp3) is 0.467. The Hall–Kier alpha value is -2.09. The third-order valence-electron chi connectivity index (χ3n) is 3.38. The number of alkyl halides is 3. The summed E-state index contributed by atoms with van der Waals surface area (Å²) in [6.45, 7) is 2.67. The van der Waals surface area contributed by atoms with Crippen LogP contribution in [0.2, 0.25) is 0 Å². The van der Waals surface area contributed by atoms with E-state index < -0.39 is 17.6 Å². The Morgan fingerprint density at radius 3 is 2.74 bits per heavy atom. The monoisotopic (exact) mass is 329 g/mol. The number of halogens is 3. The molecule has 1 amide bonds. The number of carbonyl (C=O) groups excluding carboxylic acids is 1. The number of carbonyl (C=O) groups is 1. The van der Waals surface area contributed by atoms with E-state index in [-0.39, 0.29) is 5.69 Å². The molecule has 23 heavy (non-hydrogen) atoms. The van der Waals surface area contributed by atoms with Gasteiger partial charge < -0.3 is 10.1 Å². The molecule has 2 aromatic heterocycles. The number of nitrogens with zero attached hydrogens (tertiary/aromatic N) is 2. The molecule has 0 aromatic carbocycles. The number of fused-ring (bicyclic) bond motifs is 1. The number of rotatable bonds is 6. The van der Waals surface area contributed by atoms with Gasteiger partial charge in [0.25, 0.3) is 5.91 Å². The van der Waals surface area contributed by atoms with Crippen LogP contribution in [0.1, 0.15) is 35.1 Å². The van der Waals surface area contributed by atoms with Gasteiger partial charge >= 0.3 is 6.18 Å². The quantitative estimate of drug-likeness (QED) is 0.829. The number of pyridine rings is 1. The fourth-order valence-electron chi connectivity index (χ4n) is 2.25. The smallest absolute Gasteiger partial charge is 0.385 e. The second kappa shape index (κ2) is 6.99. The van der Waals surface area contributed by atoms with Crippen molar-refractivity contribution in [1.82, 2.24) is 14.7 Å². The molecule has 0 unspecified atom stereocenters. The highest BCUT2D eigenvalue weighted by Crippen LogP contribution is 2.29. The van der Waals surface area contributed by atoms with Gasteiger partial charge in [-0.25, -0.2) is 4.98 Å². The summed E-state index contributed by atoms with van der Waals surface area (Å²) in [6, 6.07) is 2.23.